The third-order valence-corrected chi connectivity index (χ3v) is 2.53. The Kier molecular flexibility index (Phi) is 4.99. The third kappa shape index (κ3) is 3.92. The van der Waals surface area contributed by atoms with Gasteiger partial charge in [0.2, 0.25) is 17.7 Å². The Labute approximate surface area is 115 Å². The summed E-state index contributed by atoms with van der Waals surface area (Å²) in [5.74, 6) is -1.94. The Balaban J connectivity index is 3.05. The van der Waals surface area contributed by atoms with Gasteiger partial charge >= 0.3 is 0 Å². The highest BCUT2D eigenvalue weighted by Gasteiger charge is 2.14. The molecule has 1 aromatic rings. The molecule has 0 spiro atoms. The first-order chi connectivity index (χ1) is 9.35. The molecule has 20 heavy (non-hydrogen) atoms. The van der Waals surface area contributed by atoms with Gasteiger partial charge in [0.15, 0.2) is 0 Å². The number of nitrogens with two attached hydrogens (primary N) is 3. The summed E-state index contributed by atoms with van der Waals surface area (Å²) in [4.78, 5) is 34.1. The zero-order valence-corrected chi connectivity index (χ0v) is 10.8. The molecule has 7 N–H and O–H groups in total. The molecule has 1 unspecified atom stereocenters. The van der Waals surface area contributed by atoms with Gasteiger partial charge in [-0.1, -0.05) is 6.08 Å². The van der Waals surface area contributed by atoms with Crippen molar-refractivity contribution in [1.29, 1.82) is 0 Å². The van der Waals surface area contributed by atoms with Gasteiger partial charge in [0.05, 0.1) is 6.04 Å². The Morgan fingerprint density at radius 2 is 1.65 bits per heavy atom. The van der Waals surface area contributed by atoms with Gasteiger partial charge in [0.25, 0.3) is 0 Å². The Morgan fingerprint density at radius 1 is 1.15 bits per heavy atom. The lowest BCUT2D eigenvalue weighted by atomic mass is 10.1. The lowest BCUT2D eigenvalue weighted by Gasteiger charge is -2.12. The standard InChI is InChI=1S/C13H16N4O3/c1-2-3-10(14)13(20)17-9-5-7(11(15)18)4-8(6-9)12(16)19/h2,4-6,10H,1,3,14H2,(H2,15,18)(H2,16,19)(H,17,20). The molecule has 0 aliphatic carbocycles. The van der Waals surface area contributed by atoms with Crippen molar-refractivity contribution in [3.05, 3.63) is 42.0 Å². The fourth-order valence-electron chi connectivity index (χ4n) is 1.51. The molecule has 1 rings (SSSR count). The average molecular weight is 276 g/mol. The molecule has 0 saturated carbocycles. The van der Waals surface area contributed by atoms with E-state index in [4.69, 9.17) is 17.2 Å². The van der Waals surface area contributed by atoms with Gasteiger partial charge in [-0.25, -0.2) is 0 Å². The summed E-state index contributed by atoms with van der Waals surface area (Å²) in [6, 6.07) is 3.16. The van der Waals surface area contributed by atoms with Gasteiger partial charge in [-0.2, -0.15) is 0 Å². The molecule has 3 amide bonds. The van der Waals surface area contributed by atoms with Crippen molar-refractivity contribution < 1.29 is 14.4 Å². The fraction of sp³-hybridized carbons (Fsp3) is 0.154. The lowest BCUT2D eigenvalue weighted by Crippen LogP contribution is -2.35. The smallest absolute Gasteiger partial charge is 0.248 e. The third-order valence-electron chi connectivity index (χ3n) is 2.53. The fourth-order valence-corrected chi connectivity index (χ4v) is 1.51. The Bertz CT molecular complexity index is 536. The Morgan fingerprint density at radius 3 is 2.05 bits per heavy atom. The monoisotopic (exact) mass is 276 g/mol. The van der Waals surface area contributed by atoms with Crippen molar-refractivity contribution in [2.45, 2.75) is 12.5 Å². The number of carbonyl (C=O) groups excluding carboxylic acids is 3. The predicted octanol–water partition coefficient (Wildman–Crippen LogP) is -0.274. The number of amides is 3. The molecular weight excluding hydrogens is 260 g/mol. The first-order valence-electron chi connectivity index (χ1n) is 5.77. The van der Waals surface area contributed by atoms with Gasteiger partial charge in [0.1, 0.15) is 0 Å². The zero-order valence-electron chi connectivity index (χ0n) is 10.8. The minimum atomic E-state index is -0.776. The first-order valence-corrected chi connectivity index (χ1v) is 5.77. The van der Waals surface area contributed by atoms with E-state index in [-0.39, 0.29) is 16.8 Å². The number of benzene rings is 1. The Hall–Kier alpha value is -2.67. The first kappa shape index (κ1) is 15.4. The molecule has 0 aliphatic heterocycles. The van der Waals surface area contributed by atoms with Crippen molar-refractivity contribution in [3.63, 3.8) is 0 Å². The molecular formula is C13H16N4O3. The van der Waals surface area contributed by atoms with Crippen LogP contribution in [-0.4, -0.2) is 23.8 Å². The van der Waals surface area contributed by atoms with E-state index < -0.39 is 23.8 Å². The maximum absolute atomic E-state index is 11.7. The number of rotatable bonds is 6. The lowest BCUT2D eigenvalue weighted by molar-refractivity contribution is -0.117. The van der Waals surface area contributed by atoms with Crippen molar-refractivity contribution in [1.82, 2.24) is 0 Å². The zero-order chi connectivity index (χ0) is 15.3. The maximum Gasteiger partial charge on any atom is 0.248 e. The van der Waals surface area contributed by atoms with E-state index in [1.807, 2.05) is 0 Å². The maximum atomic E-state index is 11.7. The van der Waals surface area contributed by atoms with E-state index in [2.05, 4.69) is 11.9 Å². The second kappa shape index (κ2) is 6.48. The van der Waals surface area contributed by atoms with Crippen molar-refractivity contribution in [2.24, 2.45) is 17.2 Å². The van der Waals surface area contributed by atoms with Crippen LogP contribution in [0.4, 0.5) is 5.69 Å². The quantitative estimate of drug-likeness (QED) is 0.530. The average Bonchev–Trinajstić information content (AvgIpc) is 2.38. The topological polar surface area (TPSA) is 141 Å². The molecule has 0 aliphatic rings. The molecule has 7 heteroatoms. The number of hydrogen-bond donors (Lipinski definition) is 4. The number of anilines is 1. The number of primary amides is 2. The second-order valence-electron chi connectivity index (χ2n) is 4.15. The largest absolute Gasteiger partial charge is 0.366 e. The predicted molar refractivity (Wildman–Crippen MR) is 74.9 cm³/mol. The summed E-state index contributed by atoms with van der Waals surface area (Å²) in [6.45, 7) is 3.48. The normalized spacial score (nSPS) is 11.4. The molecule has 0 aromatic heterocycles. The highest BCUT2D eigenvalue weighted by molar-refractivity contribution is 6.02. The molecule has 0 radical (unpaired) electrons. The highest BCUT2D eigenvalue weighted by atomic mass is 16.2. The summed E-state index contributed by atoms with van der Waals surface area (Å²) in [7, 11) is 0. The highest BCUT2D eigenvalue weighted by Crippen LogP contribution is 2.15. The van der Waals surface area contributed by atoms with Crippen LogP contribution >= 0.6 is 0 Å². The molecule has 0 fully saturated rings. The van der Waals surface area contributed by atoms with Crippen molar-refractivity contribution in [3.8, 4) is 0 Å². The van der Waals surface area contributed by atoms with Crippen LogP contribution in [0.5, 0.6) is 0 Å². The van der Waals surface area contributed by atoms with Crippen LogP contribution in [0.15, 0.2) is 30.9 Å². The van der Waals surface area contributed by atoms with Gasteiger partial charge in [-0.05, 0) is 24.6 Å². The van der Waals surface area contributed by atoms with Crippen LogP contribution < -0.4 is 22.5 Å². The van der Waals surface area contributed by atoms with E-state index in [1.165, 1.54) is 24.3 Å². The minimum absolute atomic E-state index is 0.0638. The molecule has 0 heterocycles. The van der Waals surface area contributed by atoms with Crippen LogP contribution in [0, 0.1) is 0 Å². The van der Waals surface area contributed by atoms with E-state index >= 15 is 0 Å². The molecule has 1 atom stereocenters. The van der Waals surface area contributed by atoms with Gasteiger partial charge < -0.3 is 22.5 Å². The van der Waals surface area contributed by atoms with E-state index in [9.17, 15) is 14.4 Å². The molecule has 0 bridgehead atoms. The summed E-state index contributed by atoms with van der Waals surface area (Å²) < 4.78 is 0. The van der Waals surface area contributed by atoms with Gasteiger partial charge in [-0.15, -0.1) is 6.58 Å². The van der Waals surface area contributed by atoms with Crippen molar-refractivity contribution >= 4 is 23.4 Å². The minimum Gasteiger partial charge on any atom is -0.366 e. The molecule has 0 saturated heterocycles. The molecule has 106 valence electrons. The van der Waals surface area contributed by atoms with E-state index in [0.717, 1.165) is 0 Å². The molecule has 1 aromatic carbocycles. The van der Waals surface area contributed by atoms with Crippen LogP contribution in [0.25, 0.3) is 0 Å². The van der Waals surface area contributed by atoms with Crippen LogP contribution in [-0.2, 0) is 4.79 Å². The van der Waals surface area contributed by atoms with Crippen LogP contribution in [0.2, 0.25) is 0 Å². The van der Waals surface area contributed by atoms with Crippen LogP contribution in [0.3, 0.4) is 0 Å². The van der Waals surface area contributed by atoms with Crippen LogP contribution in [0.1, 0.15) is 27.1 Å². The SMILES string of the molecule is C=CCC(N)C(=O)Nc1cc(C(N)=O)cc(C(N)=O)c1. The molecule has 7 nitrogen and oxygen atoms in total. The van der Waals surface area contributed by atoms with E-state index in [1.54, 1.807) is 0 Å². The number of carbonyl (C=O) groups is 3. The number of hydrogen-bond acceptors (Lipinski definition) is 4. The van der Waals surface area contributed by atoms with Gasteiger partial charge in [0, 0.05) is 16.8 Å². The summed E-state index contributed by atoms with van der Waals surface area (Å²) in [6.07, 6.45) is 1.81. The summed E-state index contributed by atoms with van der Waals surface area (Å²) >= 11 is 0. The summed E-state index contributed by atoms with van der Waals surface area (Å²) in [5.41, 5.74) is 16.3. The summed E-state index contributed by atoms with van der Waals surface area (Å²) in [5, 5.41) is 2.49. The number of nitrogens with one attached hydrogen (secondary N) is 1. The van der Waals surface area contributed by atoms with Gasteiger partial charge in [-0.3, -0.25) is 14.4 Å². The van der Waals surface area contributed by atoms with Crippen molar-refractivity contribution in [2.75, 3.05) is 5.32 Å². The van der Waals surface area contributed by atoms with E-state index in [0.29, 0.717) is 6.42 Å². The second-order valence-corrected chi connectivity index (χ2v) is 4.15.